The molecule has 0 aliphatic carbocycles. The van der Waals surface area contributed by atoms with Gasteiger partial charge in [0, 0.05) is 0 Å². The molecule has 1 N–H and O–H groups in total. The van der Waals surface area contributed by atoms with Crippen LogP contribution >= 0.6 is 0 Å². The number of carbonyl (C=O) groups is 1. The second kappa shape index (κ2) is 4.80. The topological polar surface area (TPSA) is 58.9 Å². The molecule has 0 aliphatic heterocycles. The molecule has 1 atom stereocenters. The van der Waals surface area contributed by atoms with Crippen LogP contribution in [0.15, 0.2) is 5.16 Å². The zero-order chi connectivity index (χ0) is 9.72. The van der Waals surface area contributed by atoms with E-state index in [2.05, 4.69) is 9.91 Å². The molecule has 0 saturated carbocycles. The summed E-state index contributed by atoms with van der Waals surface area (Å²) in [4.78, 5) is 10.7. The van der Waals surface area contributed by atoms with Gasteiger partial charge < -0.3 is 9.86 Å². The molecule has 0 aliphatic rings. The molecule has 0 rings (SSSR count). The Morgan fingerprint density at radius 3 is 2.33 bits per heavy atom. The van der Waals surface area contributed by atoms with Gasteiger partial charge in [0.1, 0.15) is 5.92 Å². The lowest BCUT2D eigenvalue weighted by atomic mass is 9.92. The molecule has 0 radical (unpaired) electrons. The molecule has 0 fully saturated rings. The van der Waals surface area contributed by atoms with Crippen molar-refractivity contribution in [2.75, 3.05) is 0 Å². The molecule has 0 bridgehead atoms. The van der Waals surface area contributed by atoms with Crippen molar-refractivity contribution in [2.24, 2.45) is 17.0 Å². The van der Waals surface area contributed by atoms with E-state index in [9.17, 15) is 4.79 Å². The Bertz CT molecular complexity index is 191. The van der Waals surface area contributed by atoms with Gasteiger partial charge in [0.15, 0.2) is 0 Å². The Balaban J connectivity index is 4.51. The Kier molecular flexibility index (Phi) is 4.40. The highest BCUT2D eigenvalue weighted by Crippen LogP contribution is 2.13. The van der Waals surface area contributed by atoms with Crippen LogP contribution in [0.3, 0.4) is 0 Å². The van der Waals surface area contributed by atoms with Crippen LogP contribution in [0.2, 0.25) is 0 Å². The van der Waals surface area contributed by atoms with Crippen LogP contribution in [-0.2, 0) is 9.55 Å². The van der Waals surface area contributed by atoms with Crippen LogP contribution in [-0.4, -0.2) is 24.8 Å². The van der Waals surface area contributed by atoms with Crippen molar-refractivity contribution in [3.63, 3.8) is 0 Å². The molecule has 0 spiro atoms. The van der Waals surface area contributed by atoms with Gasteiger partial charge in [0.2, 0.25) is 0 Å². The monoisotopic (exact) mass is 171 g/mol. The van der Waals surface area contributed by atoms with E-state index in [0.29, 0.717) is 5.71 Å². The molecule has 4 nitrogen and oxygen atoms in total. The predicted molar refractivity (Wildman–Crippen MR) is 48.7 cm³/mol. The van der Waals surface area contributed by atoms with Gasteiger partial charge in [0.05, 0.1) is 5.71 Å². The maximum Gasteiger partial charge on any atom is 0.360 e. The first kappa shape index (κ1) is 11.0. The molecule has 0 heterocycles. The highest BCUT2D eigenvalue weighted by Gasteiger charge is 2.24. The maximum atomic E-state index is 10.7. The van der Waals surface area contributed by atoms with E-state index in [-0.39, 0.29) is 5.92 Å². The number of hydrogen-bond donors (Lipinski definition) is 1. The van der Waals surface area contributed by atoms with E-state index in [1.165, 1.54) is 8.05 Å². The summed E-state index contributed by atoms with van der Waals surface area (Å²) in [6, 6.07) is 0. The molecule has 12 heavy (non-hydrogen) atoms. The van der Waals surface area contributed by atoms with Gasteiger partial charge in [-0.1, -0.05) is 13.8 Å². The van der Waals surface area contributed by atoms with Crippen molar-refractivity contribution in [3.8, 4) is 0 Å². The smallest absolute Gasteiger partial charge is 0.360 e. The lowest BCUT2D eigenvalue weighted by Crippen LogP contribution is -2.27. The standard InChI is InChI=1S/C7H14BNO3/c1-4(2)6(7(10)11)5(3)9-12-8/h4,6H,8H2,1-3H3,(H,10,11)/b9-5+/t6-/m1/s1. The van der Waals surface area contributed by atoms with Crippen molar-refractivity contribution in [2.45, 2.75) is 20.8 Å². The maximum absolute atomic E-state index is 10.7. The molecule has 0 amide bonds. The molecule has 0 aromatic heterocycles. The Hall–Kier alpha value is -0.995. The summed E-state index contributed by atoms with van der Waals surface area (Å²) < 4.78 is 4.51. The highest BCUT2D eigenvalue weighted by molar-refractivity contribution is 6.02. The molecule has 0 aromatic carbocycles. The molecule has 0 aromatic rings. The van der Waals surface area contributed by atoms with Gasteiger partial charge in [0.25, 0.3) is 0 Å². The van der Waals surface area contributed by atoms with Crippen molar-refractivity contribution >= 4 is 19.7 Å². The van der Waals surface area contributed by atoms with Crippen LogP contribution < -0.4 is 0 Å². The van der Waals surface area contributed by atoms with Gasteiger partial charge in [-0.2, -0.15) is 0 Å². The first-order valence-corrected chi connectivity index (χ1v) is 3.81. The second-order valence-electron chi connectivity index (χ2n) is 2.98. The quantitative estimate of drug-likeness (QED) is 0.375. The van der Waals surface area contributed by atoms with Crippen LogP contribution in [0, 0.1) is 11.8 Å². The Morgan fingerprint density at radius 1 is 1.58 bits per heavy atom. The minimum atomic E-state index is -0.858. The van der Waals surface area contributed by atoms with Gasteiger partial charge in [-0.25, -0.2) is 0 Å². The van der Waals surface area contributed by atoms with Crippen molar-refractivity contribution in [1.29, 1.82) is 0 Å². The number of aliphatic carboxylic acids is 1. The fourth-order valence-electron chi connectivity index (χ4n) is 1.15. The molecular weight excluding hydrogens is 157 g/mol. The van der Waals surface area contributed by atoms with E-state index >= 15 is 0 Å². The van der Waals surface area contributed by atoms with E-state index in [1.54, 1.807) is 6.92 Å². The fraction of sp³-hybridized carbons (Fsp3) is 0.714. The van der Waals surface area contributed by atoms with Gasteiger partial charge in [-0.3, -0.25) is 4.79 Å². The summed E-state index contributed by atoms with van der Waals surface area (Å²) in [5, 5.41) is 12.4. The zero-order valence-corrected chi connectivity index (χ0v) is 7.87. The number of nitrogens with zero attached hydrogens (tertiary/aromatic N) is 1. The number of hydrogen-bond acceptors (Lipinski definition) is 3. The van der Waals surface area contributed by atoms with E-state index < -0.39 is 11.9 Å². The number of rotatable bonds is 4. The molecule has 0 unspecified atom stereocenters. The fourth-order valence-corrected chi connectivity index (χ4v) is 1.15. The lowest BCUT2D eigenvalue weighted by Gasteiger charge is -2.14. The van der Waals surface area contributed by atoms with E-state index in [1.807, 2.05) is 13.8 Å². The molecular formula is C7H14BNO3. The number of carboxylic acids is 1. The third-order valence-electron chi connectivity index (χ3n) is 1.62. The van der Waals surface area contributed by atoms with Crippen LogP contribution in [0.1, 0.15) is 20.8 Å². The van der Waals surface area contributed by atoms with Gasteiger partial charge in [-0.15, -0.1) is 5.16 Å². The third-order valence-corrected chi connectivity index (χ3v) is 1.62. The summed E-state index contributed by atoms with van der Waals surface area (Å²) in [7, 11) is 1.41. The van der Waals surface area contributed by atoms with Crippen molar-refractivity contribution < 1.29 is 14.7 Å². The van der Waals surface area contributed by atoms with Crippen LogP contribution in [0.25, 0.3) is 0 Å². The van der Waals surface area contributed by atoms with Gasteiger partial charge in [-0.05, 0) is 12.8 Å². The largest absolute Gasteiger partial charge is 0.481 e. The number of carboxylic acid groups (broad SMARTS) is 1. The third kappa shape index (κ3) is 2.94. The van der Waals surface area contributed by atoms with Crippen LogP contribution in [0.5, 0.6) is 0 Å². The average molecular weight is 171 g/mol. The Morgan fingerprint density at radius 2 is 2.08 bits per heavy atom. The van der Waals surface area contributed by atoms with Crippen LogP contribution in [0.4, 0.5) is 0 Å². The minimum absolute atomic E-state index is 0.0291. The first-order chi connectivity index (χ1) is 5.50. The molecule has 0 saturated heterocycles. The van der Waals surface area contributed by atoms with E-state index in [4.69, 9.17) is 5.11 Å². The van der Waals surface area contributed by atoms with Crippen molar-refractivity contribution in [3.05, 3.63) is 0 Å². The summed E-state index contributed by atoms with van der Waals surface area (Å²) >= 11 is 0. The lowest BCUT2D eigenvalue weighted by molar-refractivity contribution is -0.140. The number of oxime groups is 1. The summed E-state index contributed by atoms with van der Waals surface area (Å²) in [5.74, 6) is -1.38. The summed E-state index contributed by atoms with van der Waals surface area (Å²) in [5.41, 5.74) is 0.500. The molecule has 5 heteroatoms. The van der Waals surface area contributed by atoms with Gasteiger partial charge >= 0.3 is 14.0 Å². The predicted octanol–water partition coefficient (Wildman–Crippen LogP) is 0.284. The highest BCUT2D eigenvalue weighted by atomic mass is 16.6. The zero-order valence-electron chi connectivity index (χ0n) is 7.87. The normalized spacial score (nSPS) is 14.5. The summed E-state index contributed by atoms with van der Waals surface area (Å²) in [6.07, 6.45) is 0. The van der Waals surface area contributed by atoms with E-state index in [0.717, 1.165) is 0 Å². The second-order valence-corrected chi connectivity index (χ2v) is 2.98. The Labute approximate surface area is 73.0 Å². The first-order valence-electron chi connectivity index (χ1n) is 3.81. The summed E-state index contributed by atoms with van der Waals surface area (Å²) in [6.45, 7) is 5.34. The average Bonchev–Trinajstić information content (AvgIpc) is 1.85. The SMILES string of the molecule is BO/N=C(\C)[C@H](C(=O)O)C(C)C. The van der Waals surface area contributed by atoms with Crippen molar-refractivity contribution in [1.82, 2.24) is 0 Å². The molecule has 68 valence electrons. The minimum Gasteiger partial charge on any atom is -0.481 e.